The zero-order chi connectivity index (χ0) is 9.78. The standard InChI is InChI=1S/C10H21ClO/c1-6-9(11)8(2)7-10(3,4)12-5/h8-9H,6-7H2,1-5H3. The van der Waals surface area contributed by atoms with Crippen LogP contribution < -0.4 is 0 Å². The second-order valence-corrected chi connectivity index (χ2v) is 4.63. The van der Waals surface area contributed by atoms with E-state index in [0.29, 0.717) is 5.92 Å². The van der Waals surface area contributed by atoms with Gasteiger partial charge in [0, 0.05) is 12.5 Å². The van der Waals surface area contributed by atoms with Crippen molar-refractivity contribution in [3.63, 3.8) is 0 Å². The summed E-state index contributed by atoms with van der Waals surface area (Å²) in [5, 5.41) is 0.277. The first kappa shape index (κ1) is 12.2. The third kappa shape index (κ3) is 4.32. The Hall–Kier alpha value is 0.250. The van der Waals surface area contributed by atoms with Crippen molar-refractivity contribution in [1.29, 1.82) is 0 Å². The van der Waals surface area contributed by atoms with Crippen LogP contribution in [-0.2, 0) is 4.74 Å². The van der Waals surface area contributed by atoms with Gasteiger partial charge in [0.1, 0.15) is 0 Å². The highest BCUT2D eigenvalue weighted by Crippen LogP contribution is 2.25. The highest BCUT2D eigenvalue weighted by Gasteiger charge is 2.23. The number of hydrogen-bond donors (Lipinski definition) is 0. The topological polar surface area (TPSA) is 9.23 Å². The van der Waals surface area contributed by atoms with Crippen molar-refractivity contribution in [2.45, 2.75) is 51.5 Å². The molecule has 2 heteroatoms. The Bertz CT molecular complexity index is 123. The number of methoxy groups -OCH3 is 1. The molecule has 0 N–H and O–H groups in total. The van der Waals surface area contributed by atoms with Crippen LogP contribution in [-0.4, -0.2) is 18.1 Å². The minimum Gasteiger partial charge on any atom is -0.379 e. The molecule has 2 atom stereocenters. The van der Waals surface area contributed by atoms with Gasteiger partial charge in [0.25, 0.3) is 0 Å². The van der Waals surface area contributed by atoms with E-state index in [4.69, 9.17) is 16.3 Å². The van der Waals surface area contributed by atoms with E-state index in [1.54, 1.807) is 7.11 Å². The van der Waals surface area contributed by atoms with Gasteiger partial charge in [-0.2, -0.15) is 0 Å². The minimum absolute atomic E-state index is 0.0400. The molecule has 0 fully saturated rings. The van der Waals surface area contributed by atoms with Crippen LogP contribution in [0, 0.1) is 5.92 Å². The van der Waals surface area contributed by atoms with Gasteiger partial charge in [0.2, 0.25) is 0 Å². The lowest BCUT2D eigenvalue weighted by Crippen LogP contribution is -2.28. The fraction of sp³-hybridized carbons (Fsp3) is 1.00. The number of hydrogen-bond acceptors (Lipinski definition) is 1. The van der Waals surface area contributed by atoms with Crippen molar-refractivity contribution in [2.75, 3.05) is 7.11 Å². The molecule has 0 aliphatic rings. The molecule has 0 spiro atoms. The molecule has 0 aromatic carbocycles. The summed E-state index contributed by atoms with van der Waals surface area (Å²) in [6.45, 7) is 8.50. The fourth-order valence-corrected chi connectivity index (χ4v) is 1.48. The summed E-state index contributed by atoms with van der Waals surface area (Å²) < 4.78 is 5.34. The molecule has 74 valence electrons. The van der Waals surface area contributed by atoms with E-state index in [-0.39, 0.29) is 11.0 Å². The first-order valence-corrected chi connectivity index (χ1v) is 5.05. The van der Waals surface area contributed by atoms with E-state index in [1.165, 1.54) is 0 Å². The average molecular weight is 193 g/mol. The van der Waals surface area contributed by atoms with E-state index in [0.717, 1.165) is 12.8 Å². The predicted octanol–water partition coefficient (Wildman–Crippen LogP) is 3.46. The summed E-state index contributed by atoms with van der Waals surface area (Å²) in [6.07, 6.45) is 2.05. The van der Waals surface area contributed by atoms with E-state index in [9.17, 15) is 0 Å². The molecule has 0 radical (unpaired) electrons. The van der Waals surface area contributed by atoms with Gasteiger partial charge in [0.15, 0.2) is 0 Å². The lowest BCUT2D eigenvalue weighted by atomic mass is 9.91. The van der Waals surface area contributed by atoms with Gasteiger partial charge in [-0.3, -0.25) is 0 Å². The van der Waals surface area contributed by atoms with E-state index >= 15 is 0 Å². The molecule has 0 saturated heterocycles. The lowest BCUT2D eigenvalue weighted by Gasteiger charge is -2.28. The van der Waals surface area contributed by atoms with Gasteiger partial charge in [0.05, 0.1) is 5.60 Å². The van der Waals surface area contributed by atoms with Crippen LogP contribution in [0.3, 0.4) is 0 Å². The smallest absolute Gasteiger partial charge is 0.0625 e. The largest absolute Gasteiger partial charge is 0.379 e. The van der Waals surface area contributed by atoms with Crippen molar-refractivity contribution in [3.05, 3.63) is 0 Å². The van der Waals surface area contributed by atoms with Crippen molar-refractivity contribution >= 4 is 11.6 Å². The Morgan fingerprint density at radius 1 is 1.42 bits per heavy atom. The predicted molar refractivity (Wildman–Crippen MR) is 54.8 cm³/mol. The van der Waals surface area contributed by atoms with Gasteiger partial charge in [-0.15, -0.1) is 11.6 Å². The van der Waals surface area contributed by atoms with Crippen LogP contribution in [0.2, 0.25) is 0 Å². The molecule has 0 aromatic rings. The number of ether oxygens (including phenoxy) is 1. The van der Waals surface area contributed by atoms with Gasteiger partial charge in [-0.1, -0.05) is 13.8 Å². The van der Waals surface area contributed by atoms with E-state index in [1.807, 2.05) is 0 Å². The van der Waals surface area contributed by atoms with Gasteiger partial charge >= 0.3 is 0 Å². The average Bonchev–Trinajstić information content (AvgIpc) is 2.02. The summed E-state index contributed by atoms with van der Waals surface area (Å²) in [5.74, 6) is 0.520. The SMILES string of the molecule is CCC(Cl)C(C)CC(C)(C)OC. The van der Waals surface area contributed by atoms with Gasteiger partial charge in [-0.25, -0.2) is 0 Å². The Morgan fingerprint density at radius 2 is 1.92 bits per heavy atom. The Morgan fingerprint density at radius 3 is 2.25 bits per heavy atom. The summed E-state index contributed by atoms with van der Waals surface area (Å²) >= 11 is 6.12. The molecular formula is C10H21ClO. The molecule has 0 amide bonds. The molecule has 0 aliphatic carbocycles. The van der Waals surface area contributed by atoms with Crippen molar-refractivity contribution in [2.24, 2.45) is 5.92 Å². The quantitative estimate of drug-likeness (QED) is 0.607. The molecule has 0 aliphatic heterocycles. The monoisotopic (exact) mass is 192 g/mol. The second-order valence-electron chi connectivity index (χ2n) is 4.07. The maximum absolute atomic E-state index is 6.12. The summed E-state index contributed by atoms with van der Waals surface area (Å²) in [6, 6.07) is 0. The number of halogens is 1. The first-order chi connectivity index (χ1) is 5.43. The fourth-order valence-electron chi connectivity index (χ4n) is 1.39. The summed E-state index contributed by atoms with van der Waals surface area (Å²) in [5.41, 5.74) is -0.0400. The molecular weight excluding hydrogens is 172 g/mol. The molecule has 12 heavy (non-hydrogen) atoms. The third-order valence-corrected chi connectivity index (χ3v) is 3.11. The van der Waals surface area contributed by atoms with Crippen LogP contribution in [0.1, 0.15) is 40.5 Å². The van der Waals surface area contributed by atoms with Crippen molar-refractivity contribution < 1.29 is 4.74 Å². The second kappa shape index (κ2) is 5.08. The highest BCUT2D eigenvalue weighted by atomic mass is 35.5. The molecule has 0 aromatic heterocycles. The van der Waals surface area contributed by atoms with Crippen LogP contribution in [0.4, 0.5) is 0 Å². The van der Waals surface area contributed by atoms with E-state index < -0.39 is 0 Å². The van der Waals surface area contributed by atoms with Crippen LogP contribution in [0.25, 0.3) is 0 Å². The van der Waals surface area contributed by atoms with Crippen molar-refractivity contribution in [3.8, 4) is 0 Å². The maximum Gasteiger partial charge on any atom is 0.0625 e. The number of rotatable bonds is 5. The lowest BCUT2D eigenvalue weighted by molar-refractivity contribution is 0.00337. The van der Waals surface area contributed by atoms with Crippen molar-refractivity contribution in [1.82, 2.24) is 0 Å². The van der Waals surface area contributed by atoms with Gasteiger partial charge in [-0.05, 0) is 32.6 Å². The van der Waals surface area contributed by atoms with Crippen LogP contribution >= 0.6 is 11.6 Å². The number of alkyl halides is 1. The zero-order valence-corrected chi connectivity index (χ0v) is 9.61. The maximum atomic E-state index is 6.12. The molecule has 0 saturated carbocycles. The normalized spacial score (nSPS) is 17.5. The first-order valence-electron chi connectivity index (χ1n) is 4.62. The molecule has 2 unspecified atom stereocenters. The summed E-state index contributed by atoms with van der Waals surface area (Å²) in [4.78, 5) is 0. The minimum atomic E-state index is -0.0400. The molecule has 1 nitrogen and oxygen atoms in total. The highest BCUT2D eigenvalue weighted by molar-refractivity contribution is 6.20. The Labute approximate surface area is 81.4 Å². The van der Waals surface area contributed by atoms with Crippen LogP contribution in [0.15, 0.2) is 0 Å². The van der Waals surface area contributed by atoms with Gasteiger partial charge < -0.3 is 4.74 Å². The molecule has 0 rings (SSSR count). The molecule has 0 heterocycles. The summed E-state index contributed by atoms with van der Waals surface area (Å²) in [7, 11) is 1.75. The molecule has 0 bridgehead atoms. The van der Waals surface area contributed by atoms with E-state index in [2.05, 4.69) is 27.7 Å². The third-order valence-electron chi connectivity index (χ3n) is 2.37. The van der Waals surface area contributed by atoms with Crippen LogP contribution in [0.5, 0.6) is 0 Å². The Kier molecular flexibility index (Phi) is 5.19. The zero-order valence-electron chi connectivity index (χ0n) is 8.86. The Balaban J connectivity index is 3.90.